The number of ether oxygens (including phenoxy) is 1. The van der Waals surface area contributed by atoms with Gasteiger partial charge < -0.3 is 15.0 Å². The van der Waals surface area contributed by atoms with Crippen LogP contribution in [0.25, 0.3) is 0 Å². The average Bonchev–Trinajstić information content (AvgIpc) is 3.11. The highest BCUT2D eigenvalue weighted by Crippen LogP contribution is 2.30. The van der Waals surface area contributed by atoms with Crippen LogP contribution in [-0.4, -0.2) is 46.4 Å². The van der Waals surface area contributed by atoms with Crippen LogP contribution in [-0.2, 0) is 20.9 Å². The minimum Gasteiger partial charge on any atom is -0.381 e. The summed E-state index contributed by atoms with van der Waals surface area (Å²) in [5, 5.41) is 2.94. The Morgan fingerprint density at radius 1 is 1.28 bits per heavy atom. The Morgan fingerprint density at radius 2 is 2.08 bits per heavy atom. The predicted octanol–water partition coefficient (Wildman–Crippen LogP) is 1.59. The fourth-order valence-corrected chi connectivity index (χ4v) is 3.59. The quantitative estimate of drug-likeness (QED) is 0.875. The Kier molecular flexibility index (Phi) is 5.96. The molecule has 0 aromatic carbocycles. The van der Waals surface area contributed by atoms with Crippen molar-refractivity contribution in [1.29, 1.82) is 0 Å². The van der Waals surface area contributed by atoms with Gasteiger partial charge in [0.05, 0.1) is 36.4 Å². The molecule has 0 aliphatic carbocycles. The molecule has 2 aliphatic rings. The number of hydrogen-bond acceptors (Lipinski definition) is 5. The van der Waals surface area contributed by atoms with Crippen LogP contribution in [0.5, 0.6) is 0 Å². The second-order valence-electron chi connectivity index (χ2n) is 6.84. The van der Waals surface area contributed by atoms with Crippen LogP contribution in [0.4, 0.5) is 0 Å². The van der Waals surface area contributed by atoms with Gasteiger partial charge in [0.2, 0.25) is 11.8 Å². The Hall–Kier alpha value is -2.02. The standard InChI is InChI=1S/C18H26N4O3/c1-13(23)22-6-2-3-17(22)16-12-19-10-15(21-16)11-20-18(24)9-14-4-7-25-8-5-14/h10,12,14,17H,2-9,11H2,1H3,(H,20,24). The first-order valence-corrected chi connectivity index (χ1v) is 9.06. The van der Waals surface area contributed by atoms with Gasteiger partial charge >= 0.3 is 0 Å². The fourth-order valence-electron chi connectivity index (χ4n) is 3.59. The van der Waals surface area contributed by atoms with E-state index in [0.717, 1.165) is 56.8 Å². The summed E-state index contributed by atoms with van der Waals surface area (Å²) in [7, 11) is 0. The van der Waals surface area contributed by atoms with E-state index < -0.39 is 0 Å². The van der Waals surface area contributed by atoms with Crippen LogP contribution in [0, 0.1) is 5.92 Å². The van der Waals surface area contributed by atoms with Crippen molar-refractivity contribution in [2.24, 2.45) is 5.92 Å². The molecule has 1 N–H and O–H groups in total. The molecule has 7 nitrogen and oxygen atoms in total. The monoisotopic (exact) mass is 346 g/mol. The molecule has 136 valence electrons. The van der Waals surface area contributed by atoms with E-state index in [2.05, 4.69) is 15.3 Å². The zero-order valence-corrected chi connectivity index (χ0v) is 14.7. The molecule has 1 atom stereocenters. The molecule has 3 heterocycles. The molecule has 0 radical (unpaired) electrons. The lowest BCUT2D eigenvalue weighted by Crippen LogP contribution is -2.30. The fraction of sp³-hybridized carbons (Fsp3) is 0.667. The Morgan fingerprint density at radius 3 is 2.84 bits per heavy atom. The average molecular weight is 346 g/mol. The molecule has 7 heteroatoms. The van der Waals surface area contributed by atoms with Crippen molar-refractivity contribution in [3.63, 3.8) is 0 Å². The van der Waals surface area contributed by atoms with Crippen molar-refractivity contribution in [3.05, 3.63) is 23.8 Å². The Labute approximate surface area is 148 Å². The molecule has 2 saturated heterocycles. The number of rotatable bonds is 5. The third-order valence-corrected chi connectivity index (χ3v) is 4.98. The van der Waals surface area contributed by atoms with Crippen LogP contribution in [0.2, 0.25) is 0 Å². The summed E-state index contributed by atoms with van der Waals surface area (Å²) in [4.78, 5) is 34.6. The highest BCUT2D eigenvalue weighted by molar-refractivity contribution is 5.76. The number of nitrogens with one attached hydrogen (secondary N) is 1. The van der Waals surface area contributed by atoms with E-state index >= 15 is 0 Å². The molecule has 25 heavy (non-hydrogen) atoms. The number of aromatic nitrogens is 2. The SMILES string of the molecule is CC(=O)N1CCCC1c1cncc(CNC(=O)CC2CCOCC2)n1. The summed E-state index contributed by atoms with van der Waals surface area (Å²) in [5.74, 6) is 0.526. The van der Waals surface area contributed by atoms with Crippen molar-refractivity contribution in [2.75, 3.05) is 19.8 Å². The van der Waals surface area contributed by atoms with Gasteiger partial charge in [0.15, 0.2) is 0 Å². The van der Waals surface area contributed by atoms with E-state index in [4.69, 9.17) is 4.74 Å². The molecule has 0 spiro atoms. The smallest absolute Gasteiger partial charge is 0.220 e. The molecule has 0 saturated carbocycles. The van der Waals surface area contributed by atoms with E-state index in [9.17, 15) is 9.59 Å². The molecule has 3 rings (SSSR count). The van der Waals surface area contributed by atoms with Crippen LogP contribution in [0.1, 0.15) is 56.5 Å². The van der Waals surface area contributed by atoms with E-state index in [-0.39, 0.29) is 17.9 Å². The van der Waals surface area contributed by atoms with Crippen molar-refractivity contribution in [1.82, 2.24) is 20.2 Å². The van der Waals surface area contributed by atoms with Gasteiger partial charge in [-0.1, -0.05) is 0 Å². The third-order valence-electron chi connectivity index (χ3n) is 4.98. The number of carbonyl (C=O) groups excluding carboxylic acids is 2. The predicted molar refractivity (Wildman–Crippen MR) is 91.4 cm³/mol. The zero-order valence-electron chi connectivity index (χ0n) is 14.7. The maximum atomic E-state index is 12.1. The highest BCUT2D eigenvalue weighted by atomic mass is 16.5. The van der Waals surface area contributed by atoms with E-state index in [1.165, 1.54) is 0 Å². The number of carbonyl (C=O) groups is 2. The van der Waals surface area contributed by atoms with Crippen molar-refractivity contribution >= 4 is 11.8 Å². The number of likely N-dealkylation sites (tertiary alicyclic amines) is 1. The highest BCUT2D eigenvalue weighted by Gasteiger charge is 2.29. The number of nitrogens with zero attached hydrogens (tertiary/aromatic N) is 3. The lowest BCUT2D eigenvalue weighted by atomic mass is 9.96. The van der Waals surface area contributed by atoms with Gasteiger partial charge in [-0.25, -0.2) is 0 Å². The van der Waals surface area contributed by atoms with E-state index in [1.54, 1.807) is 19.3 Å². The first-order chi connectivity index (χ1) is 12.1. The van der Waals surface area contributed by atoms with Crippen molar-refractivity contribution in [2.45, 2.75) is 51.6 Å². The van der Waals surface area contributed by atoms with Crippen molar-refractivity contribution < 1.29 is 14.3 Å². The van der Waals surface area contributed by atoms with Crippen LogP contribution in [0.3, 0.4) is 0 Å². The Bertz CT molecular complexity index is 616. The van der Waals surface area contributed by atoms with Gasteiger partial charge in [0.1, 0.15) is 0 Å². The molecule has 2 amide bonds. The molecule has 1 unspecified atom stereocenters. The summed E-state index contributed by atoms with van der Waals surface area (Å²) in [5.41, 5.74) is 1.54. The summed E-state index contributed by atoms with van der Waals surface area (Å²) < 4.78 is 5.32. The van der Waals surface area contributed by atoms with Crippen LogP contribution < -0.4 is 5.32 Å². The first-order valence-electron chi connectivity index (χ1n) is 9.06. The molecule has 2 aliphatic heterocycles. The summed E-state index contributed by atoms with van der Waals surface area (Å²) in [6.45, 7) is 4.23. The molecule has 0 bridgehead atoms. The normalized spacial score (nSPS) is 21.3. The lowest BCUT2D eigenvalue weighted by Gasteiger charge is -2.23. The largest absolute Gasteiger partial charge is 0.381 e. The maximum Gasteiger partial charge on any atom is 0.220 e. The first kappa shape index (κ1) is 17.8. The van der Waals surface area contributed by atoms with Gasteiger partial charge in [-0.05, 0) is 31.6 Å². The molecule has 2 fully saturated rings. The molecule has 1 aromatic heterocycles. The minimum absolute atomic E-state index is 0.00268. The second kappa shape index (κ2) is 8.38. The van der Waals surface area contributed by atoms with E-state index in [1.807, 2.05) is 4.90 Å². The molecular weight excluding hydrogens is 320 g/mol. The maximum absolute atomic E-state index is 12.1. The number of hydrogen-bond donors (Lipinski definition) is 1. The summed E-state index contributed by atoms with van der Waals surface area (Å²) >= 11 is 0. The van der Waals surface area contributed by atoms with Crippen LogP contribution in [0.15, 0.2) is 12.4 Å². The van der Waals surface area contributed by atoms with E-state index in [0.29, 0.717) is 18.9 Å². The Balaban J connectivity index is 1.54. The van der Waals surface area contributed by atoms with Gasteiger partial charge in [-0.15, -0.1) is 0 Å². The van der Waals surface area contributed by atoms with Crippen LogP contribution >= 0.6 is 0 Å². The van der Waals surface area contributed by atoms with Crippen molar-refractivity contribution in [3.8, 4) is 0 Å². The van der Waals surface area contributed by atoms with Gasteiger partial charge in [0.25, 0.3) is 0 Å². The zero-order chi connectivity index (χ0) is 17.6. The third kappa shape index (κ3) is 4.75. The molecule has 1 aromatic rings. The molecular formula is C18H26N4O3. The van der Waals surface area contributed by atoms with Gasteiger partial charge in [0, 0.05) is 33.1 Å². The lowest BCUT2D eigenvalue weighted by molar-refractivity contribution is -0.129. The summed E-state index contributed by atoms with van der Waals surface area (Å²) in [6.07, 6.45) is 7.73. The summed E-state index contributed by atoms with van der Waals surface area (Å²) in [6, 6.07) is 0.00268. The van der Waals surface area contributed by atoms with Gasteiger partial charge in [-0.2, -0.15) is 0 Å². The second-order valence-corrected chi connectivity index (χ2v) is 6.84. The number of amides is 2. The minimum atomic E-state index is 0.00268. The van der Waals surface area contributed by atoms with Gasteiger partial charge in [-0.3, -0.25) is 19.6 Å². The topological polar surface area (TPSA) is 84.4 Å².